The maximum absolute atomic E-state index is 3.19. The molecule has 0 radical (unpaired) electrons. The van der Waals surface area contributed by atoms with Crippen molar-refractivity contribution in [3.8, 4) is 0 Å². The largest absolute Gasteiger partial charge is 0.358 e. The van der Waals surface area contributed by atoms with Crippen LogP contribution in [0.5, 0.6) is 0 Å². The van der Waals surface area contributed by atoms with E-state index in [0.29, 0.717) is 0 Å². The summed E-state index contributed by atoms with van der Waals surface area (Å²) in [7, 11) is 0. The summed E-state index contributed by atoms with van der Waals surface area (Å²) in [5.41, 5.74) is 0. The first kappa shape index (κ1) is 7.57. The first-order valence-corrected chi connectivity index (χ1v) is 4.64. The van der Waals surface area contributed by atoms with Crippen molar-refractivity contribution in [2.24, 2.45) is 0 Å². The summed E-state index contributed by atoms with van der Waals surface area (Å²) < 4.78 is 0. The highest BCUT2D eigenvalue weighted by atomic mass is 14.0. The Hall–Kier alpha value is -1.82. The molecule has 0 bridgehead atoms. The molecule has 0 aromatic heterocycles. The second-order valence-corrected chi connectivity index (χ2v) is 3.39. The van der Waals surface area contributed by atoms with Gasteiger partial charge in [-0.15, -0.1) is 0 Å². The van der Waals surface area contributed by atoms with E-state index in [0.717, 1.165) is 5.39 Å². The summed E-state index contributed by atoms with van der Waals surface area (Å²) >= 11 is 0. The van der Waals surface area contributed by atoms with Crippen molar-refractivity contribution >= 4 is 21.5 Å². The van der Waals surface area contributed by atoms with Crippen molar-refractivity contribution in [2.45, 2.75) is 0 Å². The van der Waals surface area contributed by atoms with Crippen LogP contribution in [0.4, 0.5) is 0 Å². The molecule has 0 aliphatic heterocycles. The number of rotatable bonds is 0. The van der Waals surface area contributed by atoms with Gasteiger partial charge >= 0.3 is 0 Å². The Labute approximate surface area is 82.8 Å². The van der Waals surface area contributed by atoms with Crippen LogP contribution in [0, 0.1) is 12.1 Å². The molecule has 0 heterocycles. The fourth-order valence-corrected chi connectivity index (χ4v) is 1.75. The van der Waals surface area contributed by atoms with Crippen LogP contribution in [-0.4, -0.2) is 0 Å². The van der Waals surface area contributed by atoms with E-state index in [1.807, 2.05) is 12.1 Å². The smallest absolute Gasteiger partial charge is 0.0237 e. The van der Waals surface area contributed by atoms with Gasteiger partial charge in [0.05, 0.1) is 0 Å². The van der Waals surface area contributed by atoms with Gasteiger partial charge in [-0.2, -0.15) is 6.07 Å². The first-order valence-electron chi connectivity index (χ1n) is 4.64. The summed E-state index contributed by atoms with van der Waals surface area (Å²) in [6.07, 6.45) is 0. The van der Waals surface area contributed by atoms with E-state index in [1.54, 1.807) is 0 Å². The van der Waals surface area contributed by atoms with Crippen LogP contribution in [-0.2, 0) is 0 Å². The molecule has 0 N–H and O–H groups in total. The van der Waals surface area contributed by atoms with E-state index in [1.165, 1.54) is 16.2 Å². The fourth-order valence-electron chi connectivity index (χ4n) is 1.75. The van der Waals surface area contributed by atoms with E-state index in [4.69, 9.17) is 0 Å². The molecular weight excluding hydrogens is 168 g/mol. The monoisotopic (exact) mass is 176 g/mol. The van der Waals surface area contributed by atoms with Gasteiger partial charge in [-0.05, 0) is 10.8 Å². The molecule has 0 fully saturated rings. The second kappa shape index (κ2) is 2.85. The second-order valence-electron chi connectivity index (χ2n) is 3.39. The van der Waals surface area contributed by atoms with Crippen molar-refractivity contribution in [1.82, 2.24) is 0 Å². The lowest BCUT2D eigenvalue weighted by molar-refractivity contribution is 1.74. The van der Waals surface area contributed by atoms with Gasteiger partial charge in [-0.1, -0.05) is 30.3 Å². The molecule has 0 aliphatic carbocycles. The van der Waals surface area contributed by atoms with Crippen LogP contribution in [0.1, 0.15) is 0 Å². The van der Waals surface area contributed by atoms with Gasteiger partial charge in [0.15, 0.2) is 0 Å². The van der Waals surface area contributed by atoms with E-state index < -0.39 is 0 Å². The molecular formula is C14H8-2. The van der Waals surface area contributed by atoms with Crippen LogP contribution in [0.15, 0.2) is 48.5 Å². The third-order valence-electron chi connectivity index (χ3n) is 2.47. The van der Waals surface area contributed by atoms with Crippen molar-refractivity contribution in [1.29, 1.82) is 0 Å². The zero-order valence-electron chi connectivity index (χ0n) is 7.62. The number of benzene rings is 3. The maximum Gasteiger partial charge on any atom is -0.0237 e. The zero-order valence-corrected chi connectivity index (χ0v) is 7.62. The Bertz CT molecular complexity index is 489. The van der Waals surface area contributed by atoms with Crippen LogP contribution in [0.3, 0.4) is 0 Å². The van der Waals surface area contributed by atoms with Crippen LogP contribution in [0.25, 0.3) is 21.5 Å². The molecule has 0 spiro atoms. The minimum atomic E-state index is 1.16. The highest BCUT2D eigenvalue weighted by molar-refractivity contribution is 5.97. The van der Waals surface area contributed by atoms with Crippen molar-refractivity contribution in [2.75, 3.05) is 0 Å². The Balaban J connectivity index is 2.52. The van der Waals surface area contributed by atoms with Crippen LogP contribution < -0.4 is 0 Å². The molecule has 0 aliphatic rings. The predicted octanol–water partition coefficient (Wildman–Crippen LogP) is 3.59. The minimum Gasteiger partial charge on any atom is -0.358 e. The quantitative estimate of drug-likeness (QED) is 0.362. The van der Waals surface area contributed by atoms with E-state index >= 15 is 0 Å². The SMILES string of the molecule is [c-]1c[c-]c2cc3ccccc3cc2c1. The van der Waals surface area contributed by atoms with Crippen LogP contribution in [0.2, 0.25) is 0 Å². The van der Waals surface area contributed by atoms with Gasteiger partial charge < -0.3 is 18.2 Å². The highest BCUT2D eigenvalue weighted by Gasteiger charge is 1.86. The molecule has 3 aromatic carbocycles. The summed E-state index contributed by atoms with van der Waals surface area (Å²) in [4.78, 5) is 0. The normalized spacial score (nSPS) is 10.9. The lowest BCUT2D eigenvalue weighted by atomic mass is 10.0. The Morgan fingerprint density at radius 3 is 2.50 bits per heavy atom. The van der Waals surface area contributed by atoms with Gasteiger partial charge in [0.2, 0.25) is 0 Å². The molecule has 0 amide bonds. The Kier molecular flexibility index (Phi) is 1.54. The summed E-state index contributed by atoms with van der Waals surface area (Å²) in [5.74, 6) is 0. The highest BCUT2D eigenvalue weighted by Crippen LogP contribution is 2.21. The molecule has 14 heavy (non-hydrogen) atoms. The van der Waals surface area contributed by atoms with Crippen molar-refractivity contribution in [3.05, 3.63) is 60.7 Å². The van der Waals surface area contributed by atoms with Gasteiger partial charge in [0.25, 0.3) is 0 Å². The van der Waals surface area contributed by atoms with Gasteiger partial charge in [-0.25, -0.2) is 5.39 Å². The average Bonchev–Trinajstić information content (AvgIpc) is 2.26. The first-order chi connectivity index (χ1) is 6.93. The molecule has 3 rings (SSSR count). The van der Waals surface area contributed by atoms with Gasteiger partial charge in [0.1, 0.15) is 0 Å². The summed E-state index contributed by atoms with van der Waals surface area (Å²) in [5, 5.41) is 4.89. The molecule has 0 nitrogen and oxygen atoms in total. The average molecular weight is 176 g/mol. The van der Waals surface area contributed by atoms with Crippen molar-refractivity contribution < 1.29 is 0 Å². The van der Waals surface area contributed by atoms with E-state index in [-0.39, 0.29) is 0 Å². The summed E-state index contributed by atoms with van der Waals surface area (Å²) in [6.45, 7) is 0. The molecule has 3 aromatic rings. The summed E-state index contributed by atoms with van der Waals surface area (Å²) in [6, 6.07) is 22.8. The lowest BCUT2D eigenvalue weighted by Gasteiger charge is -2.15. The van der Waals surface area contributed by atoms with Crippen molar-refractivity contribution in [3.63, 3.8) is 0 Å². The number of hydrogen-bond donors (Lipinski definition) is 0. The zero-order chi connectivity index (χ0) is 9.38. The van der Waals surface area contributed by atoms with Crippen LogP contribution >= 0.6 is 0 Å². The molecule has 66 valence electrons. The fraction of sp³-hybridized carbons (Fsp3) is 0. The predicted molar refractivity (Wildman–Crippen MR) is 59.1 cm³/mol. The third kappa shape index (κ3) is 1.08. The van der Waals surface area contributed by atoms with E-state index in [2.05, 4.69) is 48.5 Å². The molecule has 0 atom stereocenters. The standard InChI is InChI=1S/C14H8/c1-2-6-12-10-14-8-4-3-7-13(14)9-11(12)5-1/h1-3,5-6,8-10H/q-2. The number of fused-ring (bicyclic) bond motifs is 2. The third-order valence-corrected chi connectivity index (χ3v) is 2.47. The molecule has 0 saturated heterocycles. The minimum absolute atomic E-state index is 1.16. The molecule has 0 saturated carbocycles. The van der Waals surface area contributed by atoms with E-state index in [9.17, 15) is 0 Å². The lowest BCUT2D eigenvalue weighted by Crippen LogP contribution is -1.75. The number of hydrogen-bond acceptors (Lipinski definition) is 0. The molecule has 0 heteroatoms. The van der Waals surface area contributed by atoms with Gasteiger partial charge in [0, 0.05) is 0 Å². The maximum atomic E-state index is 3.19. The Morgan fingerprint density at radius 2 is 1.64 bits per heavy atom. The Morgan fingerprint density at radius 1 is 0.857 bits per heavy atom. The topological polar surface area (TPSA) is 0 Å². The molecule has 0 unspecified atom stereocenters. The van der Waals surface area contributed by atoms with Gasteiger partial charge in [-0.3, -0.25) is 11.5 Å².